The predicted octanol–water partition coefficient (Wildman–Crippen LogP) is 4.20. The van der Waals surface area contributed by atoms with Crippen LogP contribution in [0.2, 0.25) is 0 Å². The molecular weight excluding hydrogens is 290 g/mol. The summed E-state index contributed by atoms with van der Waals surface area (Å²) in [4.78, 5) is 1.41. The van der Waals surface area contributed by atoms with Gasteiger partial charge in [0.25, 0.3) is 0 Å². The number of rotatable bonds is 3. The number of fused-ring (bicyclic) bond motifs is 1. The van der Waals surface area contributed by atoms with Crippen LogP contribution in [0, 0.1) is 0 Å². The molecule has 0 saturated heterocycles. The third-order valence-electron chi connectivity index (χ3n) is 2.59. The second-order valence-corrected chi connectivity index (χ2v) is 6.58. The van der Waals surface area contributed by atoms with Crippen LogP contribution in [0.15, 0.2) is 27.6 Å². The summed E-state index contributed by atoms with van der Waals surface area (Å²) in [6, 6.07) is 7.11. The highest BCUT2D eigenvalue weighted by molar-refractivity contribution is 9.10. The molecule has 82 valence electrons. The molecule has 1 heterocycles. The van der Waals surface area contributed by atoms with Crippen LogP contribution in [0.3, 0.4) is 0 Å². The summed E-state index contributed by atoms with van der Waals surface area (Å²) in [7, 11) is 0. The molecule has 2 rings (SSSR count). The number of benzene rings is 1. The number of hydrogen-bond acceptors (Lipinski definition) is 3. The first-order chi connectivity index (χ1) is 7.22. The van der Waals surface area contributed by atoms with E-state index >= 15 is 0 Å². The minimum Gasteiger partial charge on any atom is -0.238 e. The fraction of sp³-hybridized carbons (Fsp3) is 0.455. The van der Waals surface area contributed by atoms with Gasteiger partial charge in [-0.3, -0.25) is 0 Å². The molecule has 1 atom stereocenters. The summed E-state index contributed by atoms with van der Waals surface area (Å²) < 4.78 is 3.65. The average molecular weight is 304 g/mol. The van der Waals surface area contributed by atoms with E-state index in [2.05, 4.69) is 51.6 Å². The Labute approximate surface area is 108 Å². The van der Waals surface area contributed by atoms with E-state index in [0.29, 0.717) is 6.04 Å². The molecule has 0 spiro atoms. The summed E-state index contributed by atoms with van der Waals surface area (Å²) in [6.07, 6.45) is 2.16. The van der Waals surface area contributed by atoms with Gasteiger partial charge in [0, 0.05) is 27.7 Å². The van der Waals surface area contributed by atoms with Crippen molar-refractivity contribution in [3.63, 3.8) is 0 Å². The zero-order valence-corrected chi connectivity index (χ0v) is 12.1. The summed E-state index contributed by atoms with van der Waals surface area (Å²) in [5.74, 6) is 1.20. The second-order valence-electron chi connectivity index (χ2n) is 3.58. The fourth-order valence-corrected chi connectivity index (χ4v) is 3.75. The van der Waals surface area contributed by atoms with Crippen LogP contribution in [0.5, 0.6) is 0 Å². The maximum atomic E-state index is 3.53. The lowest BCUT2D eigenvalue weighted by Crippen LogP contribution is -2.17. The van der Waals surface area contributed by atoms with Crippen molar-refractivity contribution in [2.75, 3.05) is 18.6 Å². The molecule has 4 heteroatoms. The van der Waals surface area contributed by atoms with E-state index in [1.165, 1.54) is 20.7 Å². The summed E-state index contributed by atoms with van der Waals surface area (Å²) in [5.41, 5.74) is 1.45. The molecule has 0 fully saturated rings. The predicted molar refractivity (Wildman–Crippen MR) is 73.5 cm³/mol. The van der Waals surface area contributed by atoms with Gasteiger partial charge in [0.1, 0.15) is 0 Å². The molecule has 15 heavy (non-hydrogen) atoms. The number of thioether (sulfide) groups is 1. The molecular formula is C11H14BrNS2. The van der Waals surface area contributed by atoms with Crippen LogP contribution in [-0.4, -0.2) is 22.9 Å². The number of nitrogens with zero attached hydrogens (tertiary/aromatic N) is 1. The topological polar surface area (TPSA) is 3.24 Å². The molecule has 0 N–H and O–H groups in total. The van der Waals surface area contributed by atoms with Gasteiger partial charge in [-0.1, -0.05) is 15.9 Å². The van der Waals surface area contributed by atoms with Crippen molar-refractivity contribution < 1.29 is 0 Å². The van der Waals surface area contributed by atoms with E-state index in [9.17, 15) is 0 Å². The Kier molecular flexibility index (Phi) is 4.04. The Bertz CT molecular complexity index is 356. The van der Waals surface area contributed by atoms with Gasteiger partial charge in [-0.2, -0.15) is 11.8 Å². The van der Waals surface area contributed by atoms with Crippen LogP contribution in [0.1, 0.15) is 18.5 Å². The lowest BCUT2D eigenvalue weighted by molar-refractivity contribution is 0.416. The minimum absolute atomic E-state index is 0.537. The van der Waals surface area contributed by atoms with Crippen molar-refractivity contribution in [1.29, 1.82) is 0 Å². The first-order valence-electron chi connectivity index (χ1n) is 4.95. The fourth-order valence-electron chi connectivity index (χ4n) is 1.71. The highest BCUT2D eigenvalue weighted by Gasteiger charge is 2.27. The Morgan fingerprint density at radius 2 is 2.33 bits per heavy atom. The summed E-state index contributed by atoms with van der Waals surface area (Å²) in [6.45, 7) is 3.44. The van der Waals surface area contributed by atoms with Crippen LogP contribution in [-0.2, 0) is 0 Å². The van der Waals surface area contributed by atoms with Gasteiger partial charge in [0.05, 0.1) is 0 Å². The average Bonchev–Trinajstić information content (AvgIpc) is 2.53. The summed E-state index contributed by atoms with van der Waals surface area (Å²) in [5, 5.41) is 0. The standard InChI is InChI=1S/C11H14BrNS2/c1-8-10-7-9(12)3-4-11(10)15-13(8)5-6-14-2/h3-4,7-8H,5-6H2,1-2H3. The quantitative estimate of drug-likeness (QED) is 0.771. The van der Waals surface area contributed by atoms with Crippen LogP contribution in [0.25, 0.3) is 0 Å². The highest BCUT2D eigenvalue weighted by Crippen LogP contribution is 2.44. The van der Waals surface area contributed by atoms with Crippen LogP contribution in [0.4, 0.5) is 0 Å². The molecule has 0 aromatic heterocycles. The van der Waals surface area contributed by atoms with Crippen molar-refractivity contribution >= 4 is 39.6 Å². The lowest BCUT2D eigenvalue weighted by atomic mass is 10.1. The third-order valence-corrected chi connectivity index (χ3v) is 4.97. The van der Waals surface area contributed by atoms with Gasteiger partial charge in [-0.05, 0) is 48.9 Å². The van der Waals surface area contributed by atoms with Gasteiger partial charge in [0.2, 0.25) is 0 Å². The van der Waals surface area contributed by atoms with Crippen molar-refractivity contribution in [3.05, 3.63) is 28.2 Å². The summed E-state index contributed by atoms with van der Waals surface area (Å²) >= 11 is 7.33. The SMILES string of the molecule is CSCCN1Sc2ccc(Br)cc2C1C. The van der Waals surface area contributed by atoms with Gasteiger partial charge in [0.15, 0.2) is 0 Å². The molecule has 0 amide bonds. The van der Waals surface area contributed by atoms with E-state index in [1.54, 1.807) is 0 Å². The first-order valence-corrected chi connectivity index (χ1v) is 7.91. The zero-order valence-electron chi connectivity index (χ0n) is 8.87. The molecule has 1 aliphatic heterocycles. The van der Waals surface area contributed by atoms with Gasteiger partial charge in [-0.15, -0.1) is 0 Å². The third kappa shape index (κ3) is 2.54. The number of halogens is 1. The molecule has 1 unspecified atom stereocenters. The van der Waals surface area contributed by atoms with Crippen LogP contribution >= 0.6 is 39.6 Å². The Hall–Kier alpha value is 0.360. The molecule has 0 aliphatic carbocycles. The van der Waals surface area contributed by atoms with E-state index in [1.807, 2.05) is 23.7 Å². The first kappa shape index (κ1) is 11.8. The molecule has 0 bridgehead atoms. The molecule has 1 aromatic carbocycles. The Morgan fingerprint density at radius 1 is 1.53 bits per heavy atom. The van der Waals surface area contributed by atoms with E-state index < -0.39 is 0 Å². The normalized spacial score (nSPS) is 20.6. The van der Waals surface area contributed by atoms with E-state index in [-0.39, 0.29) is 0 Å². The van der Waals surface area contributed by atoms with Crippen molar-refractivity contribution in [2.45, 2.75) is 17.9 Å². The van der Waals surface area contributed by atoms with Gasteiger partial charge >= 0.3 is 0 Å². The van der Waals surface area contributed by atoms with Crippen LogP contribution < -0.4 is 0 Å². The van der Waals surface area contributed by atoms with Crippen molar-refractivity contribution in [2.24, 2.45) is 0 Å². The monoisotopic (exact) mass is 303 g/mol. The molecule has 1 aliphatic rings. The largest absolute Gasteiger partial charge is 0.238 e. The van der Waals surface area contributed by atoms with E-state index in [0.717, 1.165) is 6.54 Å². The zero-order chi connectivity index (χ0) is 10.8. The number of hydrogen-bond donors (Lipinski definition) is 0. The Morgan fingerprint density at radius 3 is 3.07 bits per heavy atom. The minimum atomic E-state index is 0.537. The molecule has 1 aromatic rings. The van der Waals surface area contributed by atoms with Crippen molar-refractivity contribution in [1.82, 2.24) is 4.31 Å². The maximum Gasteiger partial charge on any atom is 0.0439 e. The smallest absolute Gasteiger partial charge is 0.0439 e. The lowest BCUT2D eigenvalue weighted by Gasteiger charge is -2.18. The Balaban J connectivity index is 2.14. The van der Waals surface area contributed by atoms with Crippen molar-refractivity contribution in [3.8, 4) is 0 Å². The molecule has 0 radical (unpaired) electrons. The van der Waals surface area contributed by atoms with E-state index in [4.69, 9.17) is 0 Å². The van der Waals surface area contributed by atoms with Gasteiger partial charge in [-0.25, -0.2) is 4.31 Å². The molecule has 0 saturated carbocycles. The second kappa shape index (κ2) is 5.13. The highest BCUT2D eigenvalue weighted by atomic mass is 79.9. The molecule has 1 nitrogen and oxygen atoms in total. The van der Waals surface area contributed by atoms with Gasteiger partial charge < -0.3 is 0 Å². The maximum absolute atomic E-state index is 3.53.